The lowest BCUT2D eigenvalue weighted by Crippen LogP contribution is -2.56. The van der Waals surface area contributed by atoms with Gasteiger partial charge in [-0.3, -0.25) is 0 Å². The fourth-order valence-corrected chi connectivity index (χ4v) is 6.89. The lowest BCUT2D eigenvalue weighted by Gasteiger charge is -2.59. The zero-order chi connectivity index (χ0) is 22.6. The summed E-state index contributed by atoms with van der Waals surface area (Å²) >= 11 is 0. The van der Waals surface area contributed by atoms with Gasteiger partial charge in [-0.25, -0.2) is 4.79 Å². The standard InChI is InChI=1S/C25H34O6/c1-23(2)11-6-12-24(3)21(16-14-30-22(28)20(16)25(23,24)4)31-19(27)10-8-15-7-9-17(26)18(13-15)29-5/h7-10,13,16,20-22,26,28H,6,11-12,14H2,1-5H3/b10-8+/t16-,20-,21+,22-,24+,25+/m1/s1. The fourth-order valence-electron chi connectivity index (χ4n) is 6.89. The van der Waals surface area contributed by atoms with E-state index in [1.54, 1.807) is 18.2 Å². The Labute approximate surface area is 184 Å². The number of methoxy groups -OCH3 is 1. The Morgan fingerprint density at radius 3 is 2.68 bits per heavy atom. The van der Waals surface area contributed by atoms with Crippen LogP contribution in [0.3, 0.4) is 0 Å². The first-order chi connectivity index (χ1) is 14.5. The summed E-state index contributed by atoms with van der Waals surface area (Å²) in [6, 6.07) is 4.89. The van der Waals surface area contributed by atoms with Crippen LogP contribution >= 0.6 is 0 Å². The molecule has 0 unspecified atom stereocenters. The number of hydrogen-bond donors (Lipinski definition) is 2. The van der Waals surface area contributed by atoms with Crippen LogP contribution in [0, 0.1) is 28.1 Å². The molecular formula is C25H34O6. The topological polar surface area (TPSA) is 85.2 Å². The van der Waals surface area contributed by atoms with Crippen molar-refractivity contribution in [1.29, 1.82) is 0 Å². The summed E-state index contributed by atoms with van der Waals surface area (Å²) in [6.07, 6.45) is 5.05. The lowest BCUT2D eigenvalue weighted by molar-refractivity contribution is -0.193. The van der Waals surface area contributed by atoms with Gasteiger partial charge in [-0.15, -0.1) is 0 Å². The van der Waals surface area contributed by atoms with Crippen LogP contribution in [0.25, 0.3) is 6.08 Å². The summed E-state index contributed by atoms with van der Waals surface area (Å²) < 4.78 is 16.9. The van der Waals surface area contributed by atoms with Crippen molar-refractivity contribution in [1.82, 2.24) is 0 Å². The molecule has 0 radical (unpaired) electrons. The van der Waals surface area contributed by atoms with Gasteiger partial charge in [0.15, 0.2) is 17.8 Å². The van der Waals surface area contributed by atoms with Crippen LogP contribution in [-0.4, -0.2) is 42.3 Å². The van der Waals surface area contributed by atoms with Gasteiger partial charge in [0.1, 0.15) is 6.10 Å². The summed E-state index contributed by atoms with van der Waals surface area (Å²) in [4.78, 5) is 12.9. The molecule has 6 nitrogen and oxygen atoms in total. The second kappa shape index (κ2) is 7.52. The number of phenols is 1. The Morgan fingerprint density at radius 1 is 1.23 bits per heavy atom. The van der Waals surface area contributed by atoms with Crippen molar-refractivity contribution in [3.05, 3.63) is 29.8 Å². The van der Waals surface area contributed by atoms with E-state index in [0.29, 0.717) is 12.4 Å². The SMILES string of the molecule is COc1cc(/C=C/C(=O)O[C@H]2[C@@H]3CO[C@@H](O)[C@@H]3[C@@]3(C)C(C)(C)CCC[C@@]23C)ccc1O. The molecule has 6 atom stereocenters. The van der Waals surface area contributed by atoms with Crippen LogP contribution in [0.5, 0.6) is 11.5 Å². The number of carbonyl (C=O) groups excluding carboxylic acids is 1. The third-order valence-corrected chi connectivity index (χ3v) is 8.86. The molecule has 0 spiro atoms. The van der Waals surface area contributed by atoms with Gasteiger partial charge in [-0.1, -0.05) is 40.2 Å². The second-order valence-electron chi connectivity index (χ2n) is 10.4. The predicted molar refractivity (Wildman–Crippen MR) is 116 cm³/mol. The molecule has 0 aromatic heterocycles. The average molecular weight is 431 g/mol. The molecule has 1 aromatic rings. The minimum Gasteiger partial charge on any atom is -0.504 e. The molecule has 2 N–H and O–H groups in total. The maximum atomic E-state index is 12.9. The Hall–Kier alpha value is -2.05. The molecule has 0 bridgehead atoms. The molecule has 170 valence electrons. The molecular weight excluding hydrogens is 396 g/mol. The summed E-state index contributed by atoms with van der Waals surface area (Å²) in [5.41, 5.74) is 0.278. The van der Waals surface area contributed by atoms with E-state index in [4.69, 9.17) is 14.2 Å². The van der Waals surface area contributed by atoms with Crippen molar-refractivity contribution in [2.45, 2.75) is 59.4 Å². The fraction of sp³-hybridized carbons (Fsp3) is 0.640. The number of rotatable bonds is 4. The largest absolute Gasteiger partial charge is 0.504 e. The first-order valence-electron chi connectivity index (χ1n) is 11.1. The molecule has 2 aliphatic carbocycles. The average Bonchev–Trinajstić information content (AvgIpc) is 3.18. The van der Waals surface area contributed by atoms with Crippen molar-refractivity contribution in [2.24, 2.45) is 28.1 Å². The number of ether oxygens (including phenoxy) is 3. The highest BCUT2D eigenvalue weighted by atomic mass is 16.6. The zero-order valence-electron chi connectivity index (χ0n) is 19.1. The van der Waals surface area contributed by atoms with Gasteiger partial charge in [0.2, 0.25) is 0 Å². The molecule has 1 heterocycles. The normalized spacial score (nSPS) is 38.6. The number of hydrogen-bond acceptors (Lipinski definition) is 6. The van der Waals surface area contributed by atoms with E-state index < -0.39 is 12.3 Å². The second-order valence-corrected chi connectivity index (χ2v) is 10.4. The van der Waals surface area contributed by atoms with Crippen molar-refractivity contribution in [3.8, 4) is 11.5 Å². The van der Waals surface area contributed by atoms with Gasteiger partial charge in [-0.2, -0.15) is 0 Å². The van der Waals surface area contributed by atoms with Crippen LogP contribution in [0.2, 0.25) is 0 Å². The molecule has 3 aliphatic rings. The van der Waals surface area contributed by atoms with Crippen molar-refractivity contribution in [3.63, 3.8) is 0 Å². The van der Waals surface area contributed by atoms with E-state index >= 15 is 0 Å². The van der Waals surface area contributed by atoms with E-state index in [9.17, 15) is 15.0 Å². The highest BCUT2D eigenvalue weighted by molar-refractivity contribution is 5.87. The summed E-state index contributed by atoms with van der Waals surface area (Å²) in [5, 5.41) is 20.5. The summed E-state index contributed by atoms with van der Waals surface area (Å²) in [7, 11) is 1.48. The third kappa shape index (κ3) is 3.18. The molecule has 1 saturated heterocycles. The van der Waals surface area contributed by atoms with E-state index in [0.717, 1.165) is 24.8 Å². The zero-order valence-corrected chi connectivity index (χ0v) is 19.1. The van der Waals surface area contributed by atoms with Gasteiger partial charge in [0.25, 0.3) is 0 Å². The Kier molecular flexibility index (Phi) is 5.38. The van der Waals surface area contributed by atoms with E-state index in [1.165, 1.54) is 19.3 Å². The van der Waals surface area contributed by atoms with Gasteiger partial charge in [-0.05, 0) is 47.4 Å². The highest BCUT2D eigenvalue weighted by Gasteiger charge is 2.74. The van der Waals surface area contributed by atoms with E-state index in [-0.39, 0.29) is 39.9 Å². The van der Waals surface area contributed by atoms with Gasteiger partial charge in [0.05, 0.1) is 13.7 Å². The minimum atomic E-state index is -0.824. The molecule has 3 fully saturated rings. The Morgan fingerprint density at radius 2 is 1.97 bits per heavy atom. The number of fused-ring (bicyclic) bond motifs is 3. The maximum absolute atomic E-state index is 12.9. The summed E-state index contributed by atoms with van der Waals surface area (Å²) in [6.45, 7) is 9.44. The number of benzene rings is 1. The summed E-state index contributed by atoms with van der Waals surface area (Å²) in [5.74, 6) is -0.0967. The molecule has 0 amide bonds. The number of aromatic hydroxyl groups is 1. The van der Waals surface area contributed by atoms with E-state index in [2.05, 4.69) is 27.7 Å². The molecule has 1 aromatic carbocycles. The van der Waals surface area contributed by atoms with Crippen LogP contribution < -0.4 is 4.74 Å². The van der Waals surface area contributed by atoms with Gasteiger partial charge in [0, 0.05) is 23.3 Å². The quantitative estimate of drug-likeness (QED) is 0.552. The number of carbonyl (C=O) groups is 1. The Bertz CT molecular complexity index is 892. The number of aliphatic hydroxyl groups excluding tert-OH is 1. The number of phenolic OH excluding ortho intramolecular Hbond substituents is 1. The highest BCUT2D eigenvalue weighted by Crippen LogP contribution is 2.73. The van der Waals surface area contributed by atoms with Gasteiger partial charge < -0.3 is 24.4 Å². The lowest BCUT2D eigenvalue weighted by atomic mass is 9.46. The molecule has 4 rings (SSSR count). The van der Waals surface area contributed by atoms with Crippen molar-refractivity contribution in [2.75, 3.05) is 13.7 Å². The monoisotopic (exact) mass is 430 g/mol. The molecule has 2 saturated carbocycles. The van der Waals surface area contributed by atoms with Crippen LogP contribution in [0.4, 0.5) is 0 Å². The Balaban J connectivity index is 1.60. The van der Waals surface area contributed by atoms with Gasteiger partial charge >= 0.3 is 5.97 Å². The first-order valence-corrected chi connectivity index (χ1v) is 11.1. The van der Waals surface area contributed by atoms with Crippen LogP contribution in [0.1, 0.15) is 52.5 Å². The van der Waals surface area contributed by atoms with Crippen LogP contribution in [-0.2, 0) is 14.3 Å². The van der Waals surface area contributed by atoms with Crippen molar-refractivity contribution >= 4 is 12.0 Å². The number of aliphatic hydroxyl groups is 1. The molecule has 1 aliphatic heterocycles. The molecule has 6 heteroatoms. The number of esters is 1. The predicted octanol–water partition coefficient (Wildman–Crippen LogP) is 4.14. The molecule has 31 heavy (non-hydrogen) atoms. The van der Waals surface area contributed by atoms with E-state index in [1.807, 2.05) is 0 Å². The van der Waals surface area contributed by atoms with Crippen LogP contribution in [0.15, 0.2) is 24.3 Å². The van der Waals surface area contributed by atoms with Crippen molar-refractivity contribution < 1.29 is 29.2 Å². The smallest absolute Gasteiger partial charge is 0.331 e. The maximum Gasteiger partial charge on any atom is 0.331 e. The third-order valence-electron chi connectivity index (χ3n) is 8.86. The minimum absolute atomic E-state index is 0.00279. The first kappa shape index (κ1) is 22.2.